The van der Waals surface area contributed by atoms with Crippen molar-refractivity contribution in [3.8, 4) is 0 Å². The van der Waals surface area contributed by atoms with Crippen molar-refractivity contribution in [2.75, 3.05) is 4.90 Å². The first-order valence-corrected chi connectivity index (χ1v) is 9.89. The van der Waals surface area contributed by atoms with Crippen molar-refractivity contribution in [2.45, 2.75) is 52.1 Å². The number of Topliss-reactive ketones (excluding diaryl/α,β-unsaturated/α-hetero) is 1. The van der Waals surface area contributed by atoms with Crippen LogP contribution in [0.3, 0.4) is 0 Å². The molecule has 0 bridgehead atoms. The van der Waals surface area contributed by atoms with Gasteiger partial charge in [0.25, 0.3) is 0 Å². The molecule has 30 heavy (non-hydrogen) atoms. The van der Waals surface area contributed by atoms with Gasteiger partial charge in [-0.3, -0.25) is 19.3 Å². The van der Waals surface area contributed by atoms with Crippen LogP contribution in [0.1, 0.15) is 66.8 Å². The molecule has 156 valence electrons. The Kier molecular flexibility index (Phi) is 5.87. The van der Waals surface area contributed by atoms with E-state index in [-0.39, 0.29) is 41.4 Å². The molecule has 0 N–H and O–H groups in total. The van der Waals surface area contributed by atoms with E-state index < -0.39 is 12.1 Å². The first kappa shape index (κ1) is 21.4. The summed E-state index contributed by atoms with van der Waals surface area (Å²) in [5.74, 6) is -1.44. The van der Waals surface area contributed by atoms with E-state index in [1.54, 1.807) is 12.1 Å². The van der Waals surface area contributed by atoms with Gasteiger partial charge in [-0.25, -0.2) is 4.79 Å². The maximum atomic E-state index is 12.6. The average Bonchev–Trinajstić information content (AvgIpc) is 3.05. The zero-order chi connectivity index (χ0) is 22.1. The quantitative estimate of drug-likeness (QED) is 0.424. The van der Waals surface area contributed by atoms with E-state index in [2.05, 4.69) is 20.8 Å². The van der Waals surface area contributed by atoms with Gasteiger partial charge in [-0.05, 0) is 42.2 Å². The molecule has 1 atom stereocenters. The number of nitrogens with zero attached hydrogens (tertiary/aromatic N) is 1. The molecule has 1 heterocycles. The van der Waals surface area contributed by atoms with E-state index in [1.165, 1.54) is 31.2 Å². The molecule has 2 aromatic rings. The Hall–Kier alpha value is -3.28. The smallest absolute Gasteiger partial charge is 0.338 e. The van der Waals surface area contributed by atoms with E-state index in [4.69, 9.17) is 4.74 Å². The molecular weight excluding hydrogens is 382 g/mol. The summed E-state index contributed by atoms with van der Waals surface area (Å²) in [7, 11) is 0. The fourth-order valence-corrected chi connectivity index (χ4v) is 3.26. The lowest BCUT2D eigenvalue weighted by Gasteiger charge is -2.19. The normalized spacial score (nSPS) is 15.3. The van der Waals surface area contributed by atoms with Gasteiger partial charge in [0.2, 0.25) is 17.6 Å². The number of esters is 1. The van der Waals surface area contributed by atoms with E-state index in [0.29, 0.717) is 11.3 Å². The van der Waals surface area contributed by atoms with Gasteiger partial charge >= 0.3 is 5.97 Å². The van der Waals surface area contributed by atoms with Crippen LogP contribution < -0.4 is 4.90 Å². The van der Waals surface area contributed by atoms with E-state index in [9.17, 15) is 19.2 Å². The molecule has 0 saturated carbocycles. The first-order valence-electron chi connectivity index (χ1n) is 9.89. The van der Waals surface area contributed by atoms with Gasteiger partial charge in [-0.1, -0.05) is 45.0 Å². The molecule has 1 saturated heterocycles. The van der Waals surface area contributed by atoms with Gasteiger partial charge in [0.1, 0.15) is 0 Å². The molecule has 6 heteroatoms. The Morgan fingerprint density at radius 1 is 0.867 bits per heavy atom. The summed E-state index contributed by atoms with van der Waals surface area (Å²) < 4.78 is 5.32. The number of hydrogen-bond acceptors (Lipinski definition) is 5. The molecule has 3 rings (SSSR count). The van der Waals surface area contributed by atoms with Crippen molar-refractivity contribution >= 4 is 29.3 Å². The molecule has 0 unspecified atom stereocenters. The number of amides is 2. The van der Waals surface area contributed by atoms with Crippen LogP contribution in [0.4, 0.5) is 5.69 Å². The Bertz CT molecular complexity index is 968. The molecule has 2 aromatic carbocycles. The van der Waals surface area contributed by atoms with Crippen LogP contribution in [0.5, 0.6) is 0 Å². The summed E-state index contributed by atoms with van der Waals surface area (Å²) in [6.45, 7) is 7.81. The Morgan fingerprint density at radius 2 is 1.37 bits per heavy atom. The van der Waals surface area contributed by atoms with Gasteiger partial charge < -0.3 is 4.74 Å². The Morgan fingerprint density at radius 3 is 1.87 bits per heavy atom. The monoisotopic (exact) mass is 407 g/mol. The summed E-state index contributed by atoms with van der Waals surface area (Å²) in [6.07, 6.45) is -0.558. The fraction of sp³-hybridized carbons (Fsp3) is 0.333. The minimum atomic E-state index is -0.945. The fourth-order valence-electron chi connectivity index (χ4n) is 3.26. The van der Waals surface area contributed by atoms with E-state index in [0.717, 1.165) is 10.5 Å². The van der Waals surface area contributed by atoms with Crippen molar-refractivity contribution in [1.29, 1.82) is 0 Å². The van der Waals surface area contributed by atoms with Gasteiger partial charge in [-0.2, -0.15) is 0 Å². The predicted octanol–water partition coefficient (Wildman–Crippen LogP) is 4.07. The minimum absolute atomic E-state index is 0.0177. The van der Waals surface area contributed by atoms with Crippen LogP contribution in [-0.4, -0.2) is 29.7 Å². The highest BCUT2D eigenvalue weighted by Crippen LogP contribution is 2.24. The first-order chi connectivity index (χ1) is 14.1. The molecule has 0 radical (unpaired) electrons. The van der Waals surface area contributed by atoms with Gasteiger partial charge in [0, 0.05) is 18.4 Å². The molecular formula is C24H25NO5. The van der Waals surface area contributed by atoms with Crippen LogP contribution in [0.25, 0.3) is 0 Å². The van der Waals surface area contributed by atoms with Crippen LogP contribution in [0.15, 0.2) is 48.5 Å². The highest BCUT2D eigenvalue weighted by Gasteiger charge is 2.30. The lowest BCUT2D eigenvalue weighted by molar-refractivity contribution is -0.121. The van der Waals surface area contributed by atoms with Crippen LogP contribution in [0, 0.1) is 0 Å². The van der Waals surface area contributed by atoms with Crippen LogP contribution >= 0.6 is 0 Å². The number of carbonyl (C=O) groups is 4. The number of ketones is 1. The second kappa shape index (κ2) is 8.22. The van der Waals surface area contributed by atoms with Crippen molar-refractivity contribution in [1.82, 2.24) is 0 Å². The summed E-state index contributed by atoms with van der Waals surface area (Å²) in [4.78, 5) is 49.8. The zero-order valence-corrected chi connectivity index (χ0v) is 17.6. The maximum absolute atomic E-state index is 12.6. The summed E-state index contributed by atoms with van der Waals surface area (Å²) >= 11 is 0. The molecule has 0 spiro atoms. The second-order valence-corrected chi connectivity index (χ2v) is 8.41. The number of ether oxygens (including phenoxy) is 1. The van der Waals surface area contributed by atoms with Crippen molar-refractivity contribution in [3.63, 3.8) is 0 Å². The number of hydrogen-bond donors (Lipinski definition) is 0. The number of anilines is 1. The summed E-state index contributed by atoms with van der Waals surface area (Å²) in [5.41, 5.74) is 2.22. The van der Waals surface area contributed by atoms with Gasteiger partial charge in [-0.15, -0.1) is 0 Å². The standard InChI is InChI=1S/C24H25NO5/c1-15(22(28)16-5-9-18(10-6-16)24(2,3)4)30-23(29)17-7-11-19(12-8-17)25-20(26)13-14-21(25)27/h5-12,15H,13-14H2,1-4H3/t15-/m0/s1. The van der Waals surface area contributed by atoms with Crippen molar-refractivity contribution in [2.24, 2.45) is 0 Å². The molecule has 6 nitrogen and oxygen atoms in total. The average molecular weight is 407 g/mol. The van der Waals surface area contributed by atoms with E-state index >= 15 is 0 Å². The second-order valence-electron chi connectivity index (χ2n) is 8.41. The third kappa shape index (κ3) is 4.48. The summed E-state index contributed by atoms with van der Waals surface area (Å²) in [5, 5.41) is 0. The molecule has 2 amide bonds. The third-order valence-corrected chi connectivity index (χ3v) is 5.10. The number of carbonyl (C=O) groups excluding carboxylic acids is 4. The molecule has 1 aliphatic rings. The maximum Gasteiger partial charge on any atom is 0.338 e. The molecule has 0 aliphatic carbocycles. The van der Waals surface area contributed by atoms with Gasteiger partial charge in [0.05, 0.1) is 11.3 Å². The highest BCUT2D eigenvalue weighted by atomic mass is 16.5. The topological polar surface area (TPSA) is 80.8 Å². The molecule has 1 aliphatic heterocycles. The van der Waals surface area contributed by atoms with Crippen molar-refractivity contribution < 1.29 is 23.9 Å². The SMILES string of the molecule is C[C@H](OC(=O)c1ccc(N2C(=O)CCC2=O)cc1)C(=O)c1ccc(C(C)(C)C)cc1. The largest absolute Gasteiger partial charge is 0.451 e. The zero-order valence-electron chi connectivity index (χ0n) is 17.6. The minimum Gasteiger partial charge on any atom is -0.451 e. The van der Waals surface area contributed by atoms with Crippen LogP contribution in [-0.2, 0) is 19.7 Å². The predicted molar refractivity (Wildman–Crippen MR) is 113 cm³/mol. The highest BCUT2D eigenvalue weighted by molar-refractivity contribution is 6.19. The number of benzene rings is 2. The summed E-state index contributed by atoms with van der Waals surface area (Å²) in [6, 6.07) is 13.3. The van der Waals surface area contributed by atoms with Crippen LogP contribution in [0.2, 0.25) is 0 Å². The van der Waals surface area contributed by atoms with Crippen molar-refractivity contribution in [3.05, 3.63) is 65.2 Å². The third-order valence-electron chi connectivity index (χ3n) is 5.10. The number of rotatable bonds is 5. The molecule has 0 aromatic heterocycles. The Labute approximate surface area is 175 Å². The lowest BCUT2D eigenvalue weighted by atomic mass is 9.86. The lowest BCUT2D eigenvalue weighted by Crippen LogP contribution is -2.28. The Balaban J connectivity index is 1.65. The van der Waals surface area contributed by atoms with E-state index in [1.807, 2.05) is 12.1 Å². The molecule has 1 fully saturated rings. The van der Waals surface area contributed by atoms with Gasteiger partial charge in [0.15, 0.2) is 6.10 Å². The number of imide groups is 1.